The zero-order valence-corrected chi connectivity index (χ0v) is 22.1. The summed E-state index contributed by atoms with van der Waals surface area (Å²) in [6.45, 7) is 6.37. The van der Waals surface area contributed by atoms with Crippen molar-refractivity contribution in [2.24, 2.45) is 5.92 Å². The molecule has 5 rings (SSSR count). The minimum absolute atomic E-state index is 0.00314. The van der Waals surface area contributed by atoms with Crippen LogP contribution < -0.4 is 20.5 Å². The molecule has 3 heterocycles. The highest BCUT2D eigenvalue weighted by molar-refractivity contribution is 9.10. The van der Waals surface area contributed by atoms with Gasteiger partial charge in [0.25, 0.3) is 0 Å². The van der Waals surface area contributed by atoms with Gasteiger partial charge in [-0.3, -0.25) is 0 Å². The molecule has 1 aliphatic carbocycles. The first-order chi connectivity index (χ1) is 16.7. The van der Waals surface area contributed by atoms with E-state index in [0.717, 1.165) is 27.4 Å². The first-order valence-electron chi connectivity index (χ1n) is 11.4. The average Bonchev–Trinajstić information content (AvgIpc) is 3.42. The van der Waals surface area contributed by atoms with E-state index in [4.69, 9.17) is 24.9 Å². The minimum atomic E-state index is -0.547. The van der Waals surface area contributed by atoms with Gasteiger partial charge in [-0.15, -0.1) is 0 Å². The van der Waals surface area contributed by atoms with Gasteiger partial charge in [-0.05, 0) is 74.0 Å². The van der Waals surface area contributed by atoms with Crippen molar-refractivity contribution >= 4 is 50.8 Å². The van der Waals surface area contributed by atoms with E-state index in [1.165, 1.54) is 18.1 Å². The van der Waals surface area contributed by atoms with E-state index in [-0.39, 0.29) is 12.8 Å². The van der Waals surface area contributed by atoms with Gasteiger partial charge < -0.3 is 29.8 Å². The Labute approximate surface area is 215 Å². The van der Waals surface area contributed by atoms with Crippen LogP contribution in [0.3, 0.4) is 0 Å². The van der Waals surface area contributed by atoms with Crippen molar-refractivity contribution in [3.8, 4) is 11.5 Å². The second-order valence-electron chi connectivity index (χ2n) is 9.59. The Balaban J connectivity index is 1.41. The van der Waals surface area contributed by atoms with Crippen molar-refractivity contribution in [1.82, 2.24) is 24.8 Å². The molecule has 1 saturated carbocycles. The van der Waals surface area contributed by atoms with Crippen LogP contribution in [0.2, 0.25) is 0 Å². The molecule has 10 nitrogen and oxygen atoms in total. The van der Waals surface area contributed by atoms with Crippen LogP contribution in [0.5, 0.6) is 11.5 Å². The molecule has 2 aliphatic rings. The number of carbonyl (C=O) groups excluding carboxylic acids is 1. The molecule has 35 heavy (non-hydrogen) atoms. The molecule has 3 N–H and O–H groups in total. The Morgan fingerprint density at radius 1 is 1.31 bits per heavy atom. The van der Waals surface area contributed by atoms with E-state index in [2.05, 4.69) is 31.2 Å². The zero-order chi connectivity index (χ0) is 24.7. The number of fused-ring (bicyclic) bond motifs is 2. The van der Waals surface area contributed by atoms with Crippen molar-refractivity contribution in [2.75, 3.05) is 12.5 Å². The number of rotatable bonds is 7. The molecule has 1 atom stereocenters. The van der Waals surface area contributed by atoms with Gasteiger partial charge in [0.15, 0.2) is 33.6 Å². The van der Waals surface area contributed by atoms with Crippen molar-refractivity contribution in [2.45, 2.75) is 68.3 Å². The van der Waals surface area contributed by atoms with Crippen LogP contribution in [0.4, 0.5) is 10.6 Å². The minimum Gasteiger partial charge on any atom is -0.454 e. The molecule has 0 bridgehead atoms. The summed E-state index contributed by atoms with van der Waals surface area (Å²) in [4.78, 5) is 26.7. The second kappa shape index (κ2) is 9.38. The third-order valence-corrected chi connectivity index (χ3v) is 7.68. The molecule has 1 aliphatic heterocycles. The summed E-state index contributed by atoms with van der Waals surface area (Å²) in [6.07, 6.45) is 3.93. The first kappa shape index (κ1) is 24.0. The lowest BCUT2D eigenvalue weighted by Crippen LogP contribution is -2.40. The zero-order valence-electron chi connectivity index (χ0n) is 19.7. The highest BCUT2D eigenvalue weighted by atomic mass is 79.9. The summed E-state index contributed by atoms with van der Waals surface area (Å²) >= 11 is 5.10. The van der Waals surface area contributed by atoms with Crippen LogP contribution >= 0.6 is 27.7 Å². The number of anilines is 1. The number of imidazole rings is 1. The fourth-order valence-corrected chi connectivity index (χ4v) is 5.45. The maximum atomic E-state index is 12.4. The molecule has 1 amide bonds. The third-order valence-electron chi connectivity index (χ3n) is 5.71. The number of aryl methyl sites for hydroxylation is 1. The number of nitrogen functional groups attached to an aromatic ring is 1. The fraction of sp³-hybridized carbons (Fsp3) is 0.478. The maximum Gasteiger partial charge on any atom is 0.407 e. The van der Waals surface area contributed by atoms with Crippen LogP contribution in [-0.4, -0.2) is 44.0 Å². The van der Waals surface area contributed by atoms with E-state index < -0.39 is 11.7 Å². The summed E-state index contributed by atoms with van der Waals surface area (Å²) in [7, 11) is 0. The van der Waals surface area contributed by atoms with E-state index in [1.807, 2.05) is 37.5 Å². The summed E-state index contributed by atoms with van der Waals surface area (Å²) < 4.78 is 19.4. The normalized spacial score (nSPS) is 15.9. The number of nitrogens with zero attached hydrogens (tertiary/aromatic N) is 4. The number of nitrogens with one attached hydrogen (secondary N) is 1. The van der Waals surface area contributed by atoms with Gasteiger partial charge in [0, 0.05) is 22.0 Å². The molecule has 0 radical (unpaired) electrons. The van der Waals surface area contributed by atoms with Gasteiger partial charge >= 0.3 is 6.09 Å². The van der Waals surface area contributed by atoms with E-state index in [9.17, 15) is 4.79 Å². The standard InChI is InChI=1S/C23H27BrN6O4S/c1-23(2,3)34-22(31)28-14(12-4-5-12)6-7-30-20-18(19(25)26-10-27-20)29-21(30)35-17-9-16-15(8-13(17)24)32-11-33-16/h8-10,12,14H,4-7,11H2,1-3H3,(H,28,31)(H2,25,26,27). The molecule has 12 heteroatoms. The van der Waals surface area contributed by atoms with Crippen molar-refractivity contribution in [1.29, 1.82) is 0 Å². The predicted molar refractivity (Wildman–Crippen MR) is 135 cm³/mol. The average molecular weight is 563 g/mol. The first-order valence-corrected chi connectivity index (χ1v) is 13.0. The molecule has 1 fully saturated rings. The summed E-state index contributed by atoms with van der Waals surface area (Å²) in [5.74, 6) is 2.15. The number of hydrogen-bond acceptors (Lipinski definition) is 9. The summed E-state index contributed by atoms with van der Waals surface area (Å²) in [5.41, 5.74) is 6.78. The van der Waals surface area contributed by atoms with Crippen molar-refractivity contribution in [3.63, 3.8) is 0 Å². The fourth-order valence-electron chi connectivity index (χ4n) is 3.94. The molecule has 1 aromatic carbocycles. The number of halogens is 1. The molecule has 1 unspecified atom stereocenters. The largest absolute Gasteiger partial charge is 0.454 e. The van der Waals surface area contributed by atoms with Gasteiger partial charge in [-0.25, -0.2) is 19.7 Å². The highest BCUT2D eigenvalue weighted by Gasteiger charge is 2.33. The van der Waals surface area contributed by atoms with E-state index in [0.29, 0.717) is 47.4 Å². The van der Waals surface area contributed by atoms with Gasteiger partial charge in [-0.2, -0.15) is 0 Å². The Bertz CT molecular complexity index is 1270. The van der Waals surface area contributed by atoms with Gasteiger partial charge in [-0.1, -0.05) is 11.8 Å². The van der Waals surface area contributed by atoms with Crippen LogP contribution in [0.1, 0.15) is 40.0 Å². The molecule has 0 saturated heterocycles. The second-order valence-corrected chi connectivity index (χ2v) is 11.5. The Hall–Kier alpha value is -2.73. The van der Waals surface area contributed by atoms with E-state index in [1.54, 1.807) is 0 Å². The number of ether oxygens (including phenoxy) is 3. The smallest absolute Gasteiger partial charge is 0.407 e. The maximum absolute atomic E-state index is 12.4. The lowest BCUT2D eigenvalue weighted by atomic mass is 10.1. The quantitative estimate of drug-likeness (QED) is 0.419. The van der Waals surface area contributed by atoms with Gasteiger partial charge in [0.1, 0.15) is 11.9 Å². The molecule has 186 valence electrons. The Morgan fingerprint density at radius 3 is 2.77 bits per heavy atom. The van der Waals surface area contributed by atoms with Crippen molar-refractivity contribution in [3.05, 3.63) is 22.9 Å². The van der Waals surface area contributed by atoms with Crippen LogP contribution in [0.15, 0.2) is 33.0 Å². The number of benzene rings is 1. The number of aromatic nitrogens is 4. The lowest BCUT2D eigenvalue weighted by Gasteiger charge is -2.24. The van der Waals surface area contributed by atoms with E-state index >= 15 is 0 Å². The van der Waals surface area contributed by atoms with Crippen LogP contribution in [0.25, 0.3) is 11.2 Å². The van der Waals surface area contributed by atoms with Gasteiger partial charge in [0.05, 0.1) is 0 Å². The SMILES string of the molecule is CC(C)(C)OC(=O)NC(CCn1c(Sc2cc3c(cc2Br)OCO3)nc2c(N)ncnc21)C1CC1. The number of alkyl carbamates (subject to hydrolysis) is 1. The topological polar surface area (TPSA) is 126 Å². The van der Waals surface area contributed by atoms with Crippen LogP contribution in [0, 0.1) is 5.92 Å². The Morgan fingerprint density at radius 2 is 2.06 bits per heavy atom. The summed E-state index contributed by atoms with van der Waals surface area (Å²) in [6, 6.07) is 3.81. The number of carbonyl (C=O) groups is 1. The third kappa shape index (κ3) is 5.43. The van der Waals surface area contributed by atoms with Crippen molar-refractivity contribution < 1.29 is 19.0 Å². The number of amides is 1. The Kier molecular flexibility index (Phi) is 6.43. The molecule has 2 aromatic heterocycles. The molecule has 3 aromatic rings. The lowest BCUT2D eigenvalue weighted by molar-refractivity contribution is 0.0493. The molecule has 0 spiro atoms. The van der Waals surface area contributed by atoms with Crippen LogP contribution in [-0.2, 0) is 11.3 Å². The monoisotopic (exact) mass is 562 g/mol. The number of nitrogens with two attached hydrogens (primary N) is 1. The molecular weight excluding hydrogens is 536 g/mol. The molecular formula is C23H27BrN6O4S. The predicted octanol–water partition coefficient (Wildman–Crippen LogP) is 4.74. The highest BCUT2D eigenvalue weighted by Crippen LogP contribution is 2.43. The number of hydrogen-bond donors (Lipinski definition) is 2. The van der Waals surface area contributed by atoms with Gasteiger partial charge in [0.2, 0.25) is 6.79 Å². The summed E-state index contributed by atoms with van der Waals surface area (Å²) in [5, 5.41) is 3.79.